The fourth-order valence-electron chi connectivity index (χ4n) is 1.48. The molecule has 0 aliphatic carbocycles. The van der Waals surface area contributed by atoms with Crippen LogP contribution in [0.5, 0.6) is 0 Å². The third kappa shape index (κ3) is 1.55. The van der Waals surface area contributed by atoms with Crippen molar-refractivity contribution in [2.45, 2.75) is 12.1 Å². The number of rotatable bonds is 3. The molecule has 2 rings (SSSR count). The number of ether oxygens (including phenoxy) is 1. The molecule has 0 radical (unpaired) electrons. The Morgan fingerprint density at radius 3 is 2.69 bits per heavy atom. The zero-order valence-electron chi connectivity index (χ0n) is 7.14. The van der Waals surface area contributed by atoms with E-state index in [-0.39, 0.29) is 12.1 Å². The summed E-state index contributed by atoms with van der Waals surface area (Å²) in [6.45, 7) is 0.609. The first kappa shape index (κ1) is 8.26. The van der Waals surface area contributed by atoms with E-state index in [0.29, 0.717) is 6.61 Å². The van der Waals surface area contributed by atoms with E-state index in [0.717, 1.165) is 12.0 Å². The Morgan fingerprint density at radius 2 is 2.15 bits per heavy atom. The molecule has 1 saturated heterocycles. The summed E-state index contributed by atoms with van der Waals surface area (Å²) in [6, 6.07) is 10.0. The van der Waals surface area contributed by atoms with Crippen molar-refractivity contribution in [1.29, 1.82) is 0 Å². The molecule has 2 atom stereocenters. The Bertz CT molecular complexity index is 286. The molecule has 1 aliphatic heterocycles. The Kier molecular flexibility index (Phi) is 2.27. The predicted octanol–water partition coefficient (Wildman–Crippen LogP) is 0.872. The second-order valence-electron chi connectivity index (χ2n) is 3.06. The molecule has 1 N–H and O–H groups in total. The van der Waals surface area contributed by atoms with Crippen LogP contribution in [0.3, 0.4) is 0 Å². The van der Waals surface area contributed by atoms with Crippen molar-refractivity contribution in [1.82, 2.24) is 5.32 Å². The number of carbonyl (C=O) groups is 1. The molecule has 1 heterocycles. The average molecular weight is 177 g/mol. The van der Waals surface area contributed by atoms with Crippen LogP contribution in [0.1, 0.15) is 11.7 Å². The summed E-state index contributed by atoms with van der Waals surface area (Å²) in [5, 5.41) is 2.72. The van der Waals surface area contributed by atoms with Crippen LogP contribution in [0, 0.1) is 0 Å². The first-order chi connectivity index (χ1) is 6.42. The number of hydrogen-bond donors (Lipinski definition) is 1. The third-order valence-corrected chi connectivity index (χ3v) is 2.23. The van der Waals surface area contributed by atoms with Crippen LogP contribution in [0.15, 0.2) is 30.3 Å². The second-order valence-corrected chi connectivity index (χ2v) is 3.06. The fourth-order valence-corrected chi connectivity index (χ4v) is 1.48. The van der Waals surface area contributed by atoms with Crippen molar-refractivity contribution in [3.05, 3.63) is 35.9 Å². The smallest absolute Gasteiger partial charge is 0.207 e. The molecule has 0 bridgehead atoms. The summed E-state index contributed by atoms with van der Waals surface area (Å²) in [5.74, 6) is 0. The van der Waals surface area contributed by atoms with Crippen LogP contribution in [0.25, 0.3) is 0 Å². The van der Waals surface area contributed by atoms with Crippen molar-refractivity contribution in [3.63, 3.8) is 0 Å². The van der Waals surface area contributed by atoms with E-state index in [4.69, 9.17) is 4.74 Å². The fraction of sp³-hybridized carbons (Fsp3) is 0.300. The van der Waals surface area contributed by atoms with Gasteiger partial charge in [0.2, 0.25) is 6.41 Å². The minimum absolute atomic E-state index is 0.0337. The maximum absolute atomic E-state index is 10.2. The summed E-state index contributed by atoms with van der Waals surface area (Å²) in [4.78, 5) is 10.2. The Morgan fingerprint density at radius 1 is 1.38 bits per heavy atom. The predicted molar refractivity (Wildman–Crippen MR) is 48.1 cm³/mol. The van der Waals surface area contributed by atoms with Gasteiger partial charge >= 0.3 is 0 Å². The lowest BCUT2D eigenvalue weighted by atomic mass is 9.99. The summed E-state index contributed by atoms with van der Waals surface area (Å²) in [6.07, 6.45) is 0.759. The maximum Gasteiger partial charge on any atom is 0.207 e. The first-order valence-electron chi connectivity index (χ1n) is 4.28. The lowest BCUT2D eigenvalue weighted by Crippen LogP contribution is -2.47. The van der Waals surface area contributed by atoms with E-state index >= 15 is 0 Å². The van der Waals surface area contributed by atoms with Gasteiger partial charge in [0.15, 0.2) is 0 Å². The highest BCUT2D eigenvalue weighted by Crippen LogP contribution is 2.29. The van der Waals surface area contributed by atoms with Crippen molar-refractivity contribution >= 4 is 6.41 Å². The van der Waals surface area contributed by atoms with E-state index in [1.165, 1.54) is 0 Å². The molecule has 1 aliphatic rings. The molecular formula is C10H11NO2. The summed E-state index contributed by atoms with van der Waals surface area (Å²) in [7, 11) is 0. The number of hydrogen-bond acceptors (Lipinski definition) is 2. The van der Waals surface area contributed by atoms with Crippen molar-refractivity contribution < 1.29 is 9.53 Å². The van der Waals surface area contributed by atoms with E-state index in [1.807, 2.05) is 30.3 Å². The molecule has 13 heavy (non-hydrogen) atoms. The van der Waals surface area contributed by atoms with Crippen molar-refractivity contribution in [3.8, 4) is 0 Å². The third-order valence-electron chi connectivity index (χ3n) is 2.23. The van der Waals surface area contributed by atoms with Gasteiger partial charge in [-0.25, -0.2) is 0 Å². The van der Waals surface area contributed by atoms with Crippen molar-refractivity contribution in [2.24, 2.45) is 0 Å². The standard InChI is InChI=1S/C10H11NO2/c12-7-11-9-6-13-10(9)8-4-2-1-3-5-8/h1-5,7,9-10H,6H2,(H,11,12)/t9-,10-/m0/s1. The normalized spacial score (nSPS) is 26.2. The molecule has 3 nitrogen and oxygen atoms in total. The second kappa shape index (κ2) is 3.58. The minimum Gasteiger partial charge on any atom is -0.369 e. The van der Waals surface area contributed by atoms with Gasteiger partial charge in [0.25, 0.3) is 0 Å². The lowest BCUT2D eigenvalue weighted by molar-refractivity contribution is -0.122. The van der Waals surface area contributed by atoms with Gasteiger partial charge in [0.05, 0.1) is 12.6 Å². The van der Waals surface area contributed by atoms with Crippen LogP contribution < -0.4 is 5.32 Å². The van der Waals surface area contributed by atoms with E-state index in [2.05, 4.69) is 5.32 Å². The number of carbonyl (C=O) groups excluding carboxylic acids is 1. The topological polar surface area (TPSA) is 38.3 Å². The van der Waals surface area contributed by atoms with Gasteiger partial charge in [0.1, 0.15) is 6.10 Å². The van der Waals surface area contributed by atoms with Gasteiger partial charge in [-0.05, 0) is 5.56 Å². The molecule has 3 heteroatoms. The van der Waals surface area contributed by atoms with Crippen LogP contribution in [-0.4, -0.2) is 19.1 Å². The van der Waals surface area contributed by atoms with Crippen LogP contribution >= 0.6 is 0 Å². The van der Waals surface area contributed by atoms with Gasteiger partial charge in [-0.15, -0.1) is 0 Å². The van der Waals surface area contributed by atoms with Gasteiger partial charge in [-0.2, -0.15) is 0 Å². The number of benzene rings is 1. The lowest BCUT2D eigenvalue weighted by Gasteiger charge is -2.36. The summed E-state index contributed by atoms with van der Waals surface area (Å²) >= 11 is 0. The molecule has 68 valence electrons. The highest BCUT2D eigenvalue weighted by molar-refractivity contribution is 5.47. The maximum atomic E-state index is 10.2. The highest BCUT2D eigenvalue weighted by atomic mass is 16.5. The number of amides is 1. The van der Waals surface area contributed by atoms with Gasteiger partial charge in [-0.3, -0.25) is 4.79 Å². The Balaban J connectivity index is 2.06. The van der Waals surface area contributed by atoms with Gasteiger partial charge in [-0.1, -0.05) is 30.3 Å². The molecule has 0 unspecified atom stereocenters. The van der Waals surface area contributed by atoms with Crippen LogP contribution in [0.2, 0.25) is 0 Å². The molecule has 0 saturated carbocycles. The van der Waals surface area contributed by atoms with E-state index in [1.54, 1.807) is 0 Å². The summed E-state index contributed by atoms with van der Waals surface area (Å²) in [5.41, 5.74) is 1.12. The van der Waals surface area contributed by atoms with Gasteiger partial charge in [0, 0.05) is 0 Å². The number of nitrogens with one attached hydrogen (secondary N) is 1. The van der Waals surface area contributed by atoms with Crippen LogP contribution in [-0.2, 0) is 9.53 Å². The molecule has 0 spiro atoms. The highest BCUT2D eigenvalue weighted by Gasteiger charge is 2.32. The van der Waals surface area contributed by atoms with Gasteiger partial charge < -0.3 is 10.1 Å². The molecule has 1 aromatic rings. The molecule has 0 aromatic heterocycles. The minimum atomic E-state index is 0.0337. The van der Waals surface area contributed by atoms with E-state index < -0.39 is 0 Å². The summed E-state index contributed by atoms with van der Waals surface area (Å²) < 4.78 is 5.36. The Labute approximate surface area is 76.7 Å². The van der Waals surface area contributed by atoms with E-state index in [9.17, 15) is 4.79 Å². The largest absolute Gasteiger partial charge is 0.369 e. The Hall–Kier alpha value is -1.35. The first-order valence-corrected chi connectivity index (χ1v) is 4.28. The molecular weight excluding hydrogens is 166 g/mol. The van der Waals surface area contributed by atoms with Crippen LogP contribution in [0.4, 0.5) is 0 Å². The molecule has 1 aromatic carbocycles. The zero-order valence-corrected chi connectivity index (χ0v) is 7.14. The zero-order chi connectivity index (χ0) is 9.10. The average Bonchev–Trinajstić information content (AvgIpc) is 2.14. The quantitative estimate of drug-likeness (QED) is 0.696. The SMILES string of the molecule is O=CN[C@H]1CO[C@H]1c1ccccc1. The molecule has 1 fully saturated rings. The van der Waals surface area contributed by atoms with Crippen molar-refractivity contribution in [2.75, 3.05) is 6.61 Å². The molecule has 1 amide bonds. The monoisotopic (exact) mass is 177 g/mol.